The molecule has 0 fully saturated rings. The summed E-state index contributed by atoms with van der Waals surface area (Å²) in [6.07, 6.45) is 0. The molecular weight excluding hydrogens is 715 g/mol. The predicted octanol–water partition coefficient (Wildman–Crippen LogP) is 16.0. The van der Waals surface area contributed by atoms with Crippen molar-refractivity contribution in [3.05, 3.63) is 149 Å². The summed E-state index contributed by atoms with van der Waals surface area (Å²) in [5, 5.41) is 10.6. The lowest BCUT2D eigenvalue weighted by molar-refractivity contribution is 0.590. The van der Waals surface area contributed by atoms with Crippen LogP contribution in [0.5, 0.6) is 0 Å². The Kier molecular flexibility index (Phi) is 7.20. The molecule has 0 atom stereocenters. The minimum atomic E-state index is -0.0151. The van der Waals surface area contributed by atoms with E-state index in [9.17, 15) is 0 Å². The highest BCUT2D eigenvalue weighted by Crippen LogP contribution is 2.48. The Balaban J connectivity index is 1.29. The van der Waals surface area contributed by atoms with Crippen molar-refractivity contribution in [2.75, 3.05) is 4.90 Å². The van der Waals surface area contributed by atoms with Crippen LogP contribution in [0.4, 0.5) is 17.1 Å². The average Bonchev–Trinajstić information content (AvgIpc) is 3.89. The standard InChI is InChI=1S/C56H53N3/c1-32-17-21-47(33(2)23-32)57(37-15-13-12-14-16-37)38-19-20-39-43-25-35(55(6,7)8)27-45-42-30-50-41(31-51(42)59(52(43)45)49(39)29-38)46-28-36(56(9,10)11)26-44-40-24-34(54(3,4)5)18-22-48(40)58(50)53(44)46/h12-31H,1-11H3. The number of benzene rings is 7. The Morgan fingerprint density at radius 2 is 0.864 bits per heavy atom. The summed E-state index contributed by atoms with van der Waals surface area (Å²) < 4.78 is 5.16. The molecule has 4 aromatic heterocycles. The third kappa shape index (κ3) is 5.13. The quantitative estimate of drug-likeness (QED) is 0.174. The van der Waals surface area contributed by atoms with Crippen molar-refractivity contribution in [3.8, 4) is 0 Å². The van der Waals surface area contributed by atoms with E-state index in [-0.39, 0.29) is 16.2 Å². The van der Waals surface area contributed by atoms with E-state index in [2.05, 4.69) is 211 Å². The number of para-hydroxylation sites is 1. The lowest BCUT2D eigenvalue weighted by Gasteiger charge is -2.27. The van der Waals surface area contributed by atoms with Gasteiger partial charge in [0, 0.05) is 60.2 Å². The molecule has 0 spiro atoms. The Labute approximate surface area is 347 Å². The second-order valence-electron chi connectivity index (χ2n) is 20.5. The molecule has 0 bridgehead atoms. The highest BCUT2D eigenvalue weighted by molar-refractivity contribution is 6.29. The van der Waals surface area contributed by atoms with Crippen LogP contribution >= 0.6 is 0 Å². The Hall–Kier alpha value is -6.06. The van der Waals surface area contributed by atoms with Gasteiger partial charge in [0.2, 0.25) is 0 Å². The summed E-state index contributed by atoms with van der Waals surface area (Å²) in [5.41, 5.74) is 17.9. The zero-order valence-electron chi connectivity index (χ0n) is 36.4. The fraction of sp³-hybridized carbons (Fsp3) is 0.250. The van der Waals surface area contributed by atoms with E-state index < -0.39 is 0 Å². The summed E-state index contributed by atoms with van der Waals surface area (Å²) in [7, 11) is 0. The molecule has 0 N–H and O–H groups in total. The molecule has 292 valence electrons. The highest BCUT2D eigenvalue weighted by atomic mass is 15.1. The minimum Gasteiger partial charge on any atom is -0.310 e. The third-order valence-electron chi connectivity index (χ3n) is 13.3. The first-order chi connectivity index (χ1) is 28.0. The number of anilines is 3. The molecule has 0 amide bonds. The fourth-order valence-corrected chi connectivity index (χ4v) is 10.1. The number of rotatable bonds is 3. The van der Waals surface area contributed by atoms with Gasteiger partial charge in [-0.25, -0.2) is 0 Å². The van der Waals surface area contributed by atoms with Gasteiger partial charge in [-0.05, 0) is 131 Å². The van der Waals surface area contributed by atoms with Gasteiger partial charge in [-0.2, -0.15) is 0 Å². The van der Waals surface area contributed by atoms with Gasteiger partial charge in [0.25, 0.3) is 0 Å². The molecule has 3 nitrogen and oxygen atoms in total. The van der Waals surface area contributed by atoms with Gasteiger partial charge in [0.1, 0.15) is 0 Å². The summed E-state index contributed by atoms with van der Waals surface area (Å²) >= 11 is 0. The van der Waals surface area contributed by atoms with Gasteiger partial charge in [0.15, 0.2) is 0 Å². The van der Waals surface area contributed by atoms with Crippen LogP contribution < -0.4 is 4.90 Å². The topological polar surface area (TPSA) is 12.1 Å². The van der Waals surface area contributed by atoms with Gasteiger partial charge in [-0.15, -0.1) is 0 Å². The van der Waals surface area contributed by atoms with E-state index >= 15 is 0 Å². The number of fused-ring (bicyclic) bond motifs is 12. The number of hydrogen-bond donors (Lipinski definition) is 0. The van der Waals surface area contributed by atoms with Crippen molar-refractivity contribution in [2.24, 2.45) is 0 Å². The number of aryl methyl sites for hydroxylation is 2. The largest absolute Gasteiger partial charge is 0.310 e. The first kappa shape index (κ1) is 36.1. The normalized spacial score (nSPS) is 13.3. The fourth-order valence-electron chi connectivity index (χ4n) is 10.1. The SMILES string of the molecule is Cc1ccc(N(c2ccccc2)c2ccc3c4cc(C(C)(C)C)cc5c6cc7c(cc6n(c3c2)c45)c2cc(C(C)(C)C)cc3c4cc(C(C)(C)C)ccc4n7c32)c(C)c1. The first-order valence-electron chi connectivity index (χ1n) is 21.4. The molecule has 11 rings (SSSR count). The van der Waals surface area contributed by atoms with Crippen LogP contribution in [0.2, 0.25) is 0 Å². The van der Waals surface area contributed by atoms with Crippen LogP contribution in [0.3, 0.4) is 0 Å². The van der Waals surface area contributed by atoms with Crippen molar-refractivity contribution >= 4 is 93.3 Å². The van der Waals surface area contributed by atoms with Crippen molar-refractivity contribution in [2.45, 2.75) is 92.4 Å². The third-order valence-corrected chi connectivity index (χ3v) is 13.3. The van der Waals surface area contributed by atoms with Gasteiger partial charge in [-0.1, -0.05) is 110 Å². The lowest BCUT2D eigenvalue weighted by Crippen LogP contribution is -2.11. The maximum atomic E-state index is 2.59. The minimum absolute atomic E-state index is 0.000545. The number of hydrogen-bond acceptors (Lipinski definition) is 1. The molecule has 0 aliphatic carbocycles. The molecule has 0 unspecified atom stereocenters. The van der Waals surface area contributed by atoms with Gasteiger partial charge in [0.05, 0.1) is 33.1 Å². The van der Waals surface area contributed by atoms with Crippen LogP contribution in [-0.2, 0) is 16.2 Å². The second-order valence-corrected chi connectivity index (χ2v) is 20.5. The van der Waals surface area contributed by atoms with Crippen molar-refractivity contribution in [3.63, 3.8) is 0 Å². The summed E-state index contributed by atoms with van der Waals surface area (Å²) in [6, 6.07) is 46.9. The second kappa shape index (κ2) is 11.8. The predicted molar refractivity (Wildman–Crippen MR) is 256 cm³/mol. The smallest absolute Gasteiger partial charge is 0.0620 e. The molecule has 4 heterocycles. The van der Waals surface area contributed by atoms with Crippen LogP contribution in [0, 0.1) is 13.8 Å². The van der Waals surface area contributed by atoms with Gasteiger partial charge < -0.3 is 13.7 Å². The van der Waals surface area contributed by atoms with Crippen molar-refractivity contribution < 1.29 is 0 Å². The van der Waals surface area contributed by atoms with Gasteiger partial charge >= 0.3 is 0 Å². The summed E-state index contributed by atoms with van der Waals surface area (Å²) in [4.78, 5) is 2.43. The zero-order chi connectivity index (χ0) is 41.1. The maximum absolute atomic E-state index is 2.59. The molecule has 3 heteroatoms. The van der Waals surface area contributed by atoms with Crippen LogP contribution in [-0.4, -0.2) is 8.80 Å². The molecule has 59 heavy (non-hydrogen) atoms. The molecule has 0 aliphatic rings. The molecule has 0 saturated heterocycles. The molecular formula is C56H53N3. The highest BCUT2D eigenvalue weighted by Gasteiger charge is 2.28. The molecule has 0 aliphatic heterocycles. The van der Waals surface area contributed by atoms with E-state index in [0.29, 0.717) is 0 Å². The van der Waals surface area contributed by atoms with E-state index in [4.69, 9.17) is 0 Å². The van der Waals surface area contributed by atoms with E-state index in [0.717, 1.165) is 11.4 Å². The summed E-state index contributed by atoms with van der Waals surface area (Å²) in [6.45, 7) is 25.4. The van der Waals surface area contributed by atoms with Crippen LogP contribution in [0.25, 0.3) is 76.2 Å². The first-order valence-corrected chi connectivity index (χ1v) is 21.4. The molecule has 11 aromatic rings. The molecule has 0 radical (unpaired) electrons. The van der Waals surface area contributed by atoms with Gasteiger partial charge in [-0.3, -0.25) is 0 Å². The molecule has 7 aromatic carbocycles. The maximum Gasteiger partial charge on any atom is 0.0620 e. The van der Waals surface area contributed by atoms with E-state index in [1.807, 2.05) is 0 Å². The number of nitrogens with zero attached hydrogens (tertiary/aromatic N) is 3. The zero-order valence-corrected chi connectivity index (χ0v) is 36.4. The lowest BCUT2D eigenvalue weighted by atomic mass is 9.84. The van der Waals surface area contributed by atoms with E-state index in [1.54, 1.807) is 0 Å². The van der Waals surface area contributed by atoms with Crippen LogP contribution in [0.15, 0.2) is 121 Å². The van der Waals surface area contributed by atoms with Crippen molar-refractivity contribution in [1.82, 2.24) is 8.80 Å². The Morgan fingerprint density at radius 3 is 1.41 bits per heavy atom. The monoisotopic (exact) mass is 767 g/mol. The average molecular weight is 768 g/mol. The van der Waals surface area contributed by atoms with Crippen molar-refractivity contribution in [1.29, 1.82) is 0 Å². The Bertz CT molecular complexity index is 3500. The Morgan fingerprint density at radius 1 is 0.373 bits per heavy atom. The molecule has 0 saturated carbocycles. The number of aromatic nitrogens is 2. The van der Waals surface area contributed by atoms with Crippen LogP contribution in [0.1, 0.15) is 90.1 Å². The summed E-state index contributed by atoms with van der Waals surface area (Å²) in [5.74, 6) is 0. The van der Waals surface area contributed by atoms with E-state index in [1.165, 1.54) is 110 Å².